The van der Waals surface area contributed by atoms with Crippen molar-refractivity contribution in [2.45, 2.75) is 31.5 Å². The van der Waals surface area contributed by atoms with Crippen LogP contribution in [0, 0.1) is 5.92 Å². The Balaban J connectivity index is 2.36. The molecule has 2 aliphatic rings. The van der Waals surface area contributed by atoms with Gasteiger partial charge < -0.3 is 14.7 Å². The zero-order chi connectivity index (χ0) is 17.7. The molecule has 2 aliphatic heterocycles. The molecule has 24 heavy (non-hydrogen) atoms. The molecule has 9 heteroatoms. The summed E-state index contributed by atoms with van der Waals surface area (Å²) in [6, 6.07) is 0.0241. The average molecular weight is 410 g/mol. The lowest BCUT2D eigenvalue weighted by atomic mass is 9.98. The largest absolute Gasteiger partial charge is 0.322 e. The molecule has 3 unspecified atom stereocenters. The highest BCUT2D eigenvalue weighted by Crippen LogP contribution is 2.35. The average Bonchev–Trinajstić information content (AvgIpc) is 2.73. The maximum atomic E-state index is 13.1. The topological polar surface area (TPSA) is 43.9 Å². The standard InChI is InChI=1S/C15H27N3O2S4/c19-14-11(3-7-21)1-2-12-13(17(14)5-9-23)18(6-10-24)15(20)16(12)4-8-22/h11-13,21-24H,1-10H2. The molecule has 0 radical (unpaired) electrons. The van der Waals surface area contributed by atoms with Crippen LogP contribution in [0.25, 0.3) is 0 Å². The second-order valence-electron chi connectivity index (χ2n) is 6.14. The number of urea groups is 1. The summed E-state index contributed by atoms with van der Waals surface area (Å²) in [7, 11) is 0. The summed E-state index contributed by atoms with van der Waals surface area (Å²) in [4.78, 5) is 31.5. The minimum atomic E-state index is -0.214. The molecule has 0 saturated carbocycles. The molecule has 0 aromatic rings. The van der Waals surface area contributed by atoms with Crippen LogP contribution >= 0.6 is 50.5 Å². The molecular formula is C15H27N3O2S4. The van der Waals surface area contributed by atoms with Crippen LogP contribution < -0.4 is 0 Å². The van der Waals surface area contributed by atoms with Crippen molar-refractivity contribution in [1.82, 2.24) is 14.7 Å². The summed E-state index contributed by atoms with van der Waals surface area (Å²) in [5.74, 6) is 2.59. The number of rotatable bonds is 8. The van der Waals surface area contributed by atoms with Gasteiger partial charge in [0, 0.05) is 42.8 Å². The van der Waals surface area contributed by atoms with E-state index < -0.39 is 0 Å². The Hall–Kier alpha value is 0.140. The molecule has 5 nitrogen and oxygen atoms in total. The van der Waals surface area contributed by atoms with Crippen molar-refractivity contribution >= 4 is 62.5 Å². The molecule has 0 N–H and O–H groups in total. The fourth-order valence-corrected chi connectivity index (χ4v) is 4.77. The molecular weight excluding hydrogens is 382 g/mol. The van der Waals surface area contributed by atoms with Crippen LogP contribution in [0.2, 0.25) is 0 Å². The maximum Gasteiger partial charge on any atom is 0.322 e. The first kappa shape index (κ1) is 20.5. The summed E-state index contributed by atoms with van der Waals surface area (Å²) < 4.78 is 0. The third-order valence-corrected chi connectivity index (χ3v) is 5.68. The normalized spacial score (nSPS) is 27.7. The lowest BCUT2D eigenvalue weighted by molar-refractivity contribution is -0.139. The van der Waals surface area contributed by atoms with Crippen molar-refractivity contribution in [2.75, 3.05) is 42.6 Å². The lowest BCUT2D eigenvalue weighted by Crippen LogP contribution is -2.54. The molecule has 138 valence electrons. The minimum Gasteiger partial charge on any atom is -0.319 e. The van der Waals surface area contributed by atoms with Crippen molar-refractivity contribution in [2.24, 2.45) is 5.92 Å². The Labute approximate surface area is 166 Å². The van der Waals surface area contributed by atoms with E-state index in [1.165, 1.54) is 0 Å². The first-order valence-corrected chi connectivity index (χ1v) is 10.9. The Morgan fingerprint density at radius 2 is 1.38 bits per heavy atom. The molecule has 0 bridgehead atoms. The van der Waals surface area contributed by atoms with Gasteiger partial charge in [-0.2, -0.15) is 50.5 Å². The molecule has 3 amide bonds. The smallest absolute Gasteiger partial charge is 0.319 e. The van der Waals surface area contributed by atoms with Crippen molar-refractivity contribution in [3.8, 4) is 0 Å². The Morgan fingerprint density at radius 3 is 1.96 bits per heavy atom. The second-order valence-corrected chi connectivity index (χ2v) is 7.93. The van der Waals surface area contributed by atoms with E-state index >= 15 is 0 Å². The van der Waals surface area contributed by atoms with Gasteiger partial charge in [0.15, 0.2) is 0 Å². The first-order chi connectivity index (χ1) is 11.6. The maximum absolute atomic E-state index is 13.1. The number of carbonyl (C=O) groups is 2. The van der Waals surface area contributed by atoms with E-state index in [0.717, 1.165) is 19.3 Å². The summed E-state index contributed by atoms with van der Waals surface area (Å²) in [6.45, 7) is 1.70. The third-order valence-electron chi connectivity index (χ3n) is 4.82. The number of fused-ring (bicyclic) bond motifs is 1. The predicted octanol–water partition coefficient (Wildman–Crippen LogP) is 1.77. The Bertz CT molecular complexity index is 454. The molecule has 3 atom stereocenters. The molecule has 2 heterocycles. The summed E-state index contributed by atoms with van der Waals surface area (Å²) in [6.07, 6.45) is 2.20. The molecule has 2 rings (SSSR count). The highest BCUT2D eigenvalue weighted by atomic mass is 32.1. The quantitative estimate of drug-likeness (QED) is 0.462. The number of hydrogen-bond donors (Lipinski definition) is 4. The number of hydrogen-bond acceptors (Lipinski definition) is 6. The van der Waals surface area contributed by atoms with E-state index in [9.17, 15) is 9.59 Å². The molecule has 0 aromatic heterocycles. The van der Waals surface area contributed by atoms with E-state index in [0.29, 0.717) is 42.6 Å². The first-order valence-electron chi connectivity index (χ1n) is 8.41. The SMILES string of the molecule is O=C1C(CCS)CCC2C(N1CCS)N(CCS)C(=O)N2CCS. The third kappa shape index (κ3) is 4.10. The van der Waals surface area contributed by atoms with Gasteiger partial charge in [0.1, 0.15) is 6.17 Å². The highest BCUT2D eigenvalue weighted by Gasteiger charge is 2.51. The predicted molar refractivity (Wildman–Crippen MR) is 111 cm³/mol. The van der Waals surface area contributed by atoms with Crippen molar-refractivity contribution in [3.63, 3.8) is 0 Å². The highest BCUT2D eigenvalue weighted by molar-refractivity contribution is 7.80. The van der Waals surface area contributed by atoms with Crippen LogP contribution in [-0.4, -0.2) is 81.5 Å². The van der Waals surface area contributed by atoms with Gasteiger partial charge in [-0.1, -0.05) is 0 Å². The monoisotopic (exact) mass is 409 g/mol. The van der Waals surface area contributed by atoms with Crippen LogP contribution in [0.3, 0.4) is 0 Å². The summed E-state index contributed by atoms with van der Waals surface area (Å²) in [5.41, 5.74) is 0. The van der Waals surface area contributed by atoms with Crippen LogP contribution in [0.1, 0.15) is 19.3 Å². The molecule has 0 aliphatic carbocycles. The van der Waals surface area contributed by atoms with E-state index in [1.807, 2.05) is 14.7 Å². The second kappa shape index (κ2) is 9.73. The number of likely N-dealkylation sites (tertiary alicyclic amines) is 1. The number of nitrogens with zero attached hydrogens (tertiary/aromatic N) is 3. The van der Waals surface area contributed by atoms with Gasteiger partial charge in [-0.3, -0.25) is 4.79 Å². The zero-order valence-corrected chi connectivity index (χ0v) is 17.3. The lowest BCUT2D eigenvalue weighted by Gasteiger charge is -2.36. The fourth-order valence-electron chi connectivity index (χ4n) is 3.81. The number of amides is 3. The van der Waals surface area contributed by atoms with E-state index in [1.54, 1.807) is 0 Å². The molecule has 0 aromatic carbocycles. The van der Waals surface area contributed by atoms with Crippen LogP contribution in [0.5, 0.6) is 0 Å². The van der Waals surface area contributed by atoms with Crippen LogP contribution in [-0.2, 0) is 4.79 Å². The van der Waals surface area contributed by atoms with Crippen molar-refractivity contribution < 1.29 is 9.59 Å². The van der Waals surface area contributed by atoms with Gasteiger partial charge in [-0.25, -0.2) is 4.79 Å². The van der Waals surface area contributed by atoms with Crippen LogP contribution in [0.4, 0.5) is 4.79 Å². The number of thiol groups is 4. The van der Waals surface area contributed by atoms with Gasteiger partial charge in [0.25, 0.3) is 0 Å². The van der Waals surface area contributed by atoms with E-state index in [2.05, 4.69) is 50.5 Å². The Morgan fingerprint density at radius 1 is 0.792 bits per heavy atom. The van der Waals surface area contributed by atoms with Crippen molar-refractivity contribution in [1.29, 1.82) is 0 Å². The van der Waals surface area contributed by atoms with E-state index in [4.69, 9.17) is 0 Å². The molecule has 2 fully saturated rings. The fraction of sp³-hybridized carbons (Fsp3) is 0.867. The molecule has 2 saturated heterocycles. The van der Waals surface area contributed by atoms with Gasteiger partial charge in [-0.15, -0.1) is 0 Å². The van der Waals surface area contributed by atoms with E-state index in [-0.39, 0.29) is 30.1 Å². The minimum absolute atomic E-state index is 0.00212. The Kier molecular flexibility index (Phi) is 8.29. The zero-order valence-electron chi connectivity index (χ0n) is 13.8. The molecule has 0 spiro atoms. The van der Waals surface area contributed by atoms with Gasteiger partial charge in [0.2, 0.25) is 5.91 Å². The van der Waals surface area contributed by atoms with Gasteiger partial charge in [0.05, 0.1) is 6.04 Å². The number of carbonyl (C=O) groups excluding carboxylic acids is 2. The van der Waals surface area contributed by atoms with Crippen molar-refractivity contribution in [3.05, 3.63) is 0 Å². The van der Waals surface area contributed by atoms with Crippen LogP contribution in [0.15, 0.2) is 0 Å². The summed E-state index contributed by atoms with van der Waals surface area (Å²) >= 11 is 17.2. The van der Waals surface area contributed by atoms with Gasteiger partial charge >= 0.3 is 6.03 Å². The van der Waals surface area contributed by atoms with Gasteiger partial charge in [-0.05, 0) is 25.0 Å². The summed E-state index contributed by atoms with van der Waals surface area (Å²) in [5, 5.41) is 0.